The van der Waals surface area contributed by atoms with E-state index in [9.17, 15) is 0 Å². The van der Waals surface area contributed by atoms with Gasteiger partial charge >= 0.3 is 0 Å². The molecule has 0 fully saturated rings. The molecule has 0 spiro atoms. The molecule has 0 aliphatic heterocycles. The lowest BCUT2D eigenvalue weighted by molar-refractivity contribution is 0.156. The average molecular weight is 332 g/mol. The van der Waals surface area contributed by atoms with E-state index >= 15 is 0 Å². The Balaban J connectivity index is 2.77. The van der Waals surface area contributed by atoms with Crippen molar-refractivity contribution in [2.24, 2.45) is 0 Å². The Morgan fingerprint density at radius 2 is 2.05 bits per heavy atom. The van der Waals surface area contributed by atoms with Gasteiger partial charge in [0.15, 0.2) is 0 Å². The first kappa shape index (κ1) is 16.2. The van der Waals surface area contributed by atoms with Crippen LogP contribution in [0.1, 0.15) is 19.7 Å². The van der Waals surface area contributed by atoms with E-state index in [2.05, 4.69) is 44.6 Å². The summed E-state index contributed by atoms with van der Waals surface area (Å²) >= 11 is 3.34. The number of hydrogen-bond acceptors (Lipinski definition) is 5. The third-order valence-corrected chi connectivity index (χ3v) is 2.95. The lowest BCUT2D eigenvalue weighted by Gasteiger charge is -2.28. The third kappa shape index (κ3) is 5.32. The lowest BCUT2D eigenvalue weighted by Crippen LogP contribution is -2.35. The molecule has 108 valence electrons. The molecule has 0 unspecified atom stereocenters. The number of rotatable bonds is 8. The SMILES string of the molecule is COc1cc(N(CCOCCBr)C(C)C)nc(C)n1. The number of halogens is 1. The van der Waals surface area contributed by atoms with Crippen molar-refractivity contribution in [3.8, 4) is 5.88 Å². The van der Waals surface area contributed by atoms with Gasteiger partial charge in [-0.1, -0.05) is 15.9 Å². The highest BCUT2D eigenvalue weighted by atomic mass is 79.9. The van der Waals surface area contributed by atoms with Crippen LogP contribution in [0.3, 0.4) is 0 Å². The first-order valence-electron chi connectivity index (χ1n) is 6.38. The van der Waals surface area contributed by atoms with Crippen LogP contribution in [0.15, 0.2) is 6.07 Å². The summed E-state index contributed by atoms with van der Waals surface area (Å²) in [5.41, 5.74) is 0. The van der Waals surface area contributed by atoms with Crippen LogP contribution in [0.4, 0.5) is 5.82 Å². The van der Waals surface area contributed by atoms with E-state index < -0.39 is 0 Å². The summed E-state index contributed by atoms with van der Waals surface area (Å²) < 4.78 is 10.7. The van der Waals surface area contributed by atoms with Crippen molar-refractivity contribution >= 4 is 21.7 Å². The monoisotopic (exact) mass is 331 g/mol. The van der Waals surface area contributed by atoms with Gasteiger partial charge in [0, 0.05) is 24.0 Å². The zero-order valence-electron chi connectivity index (χ0n) is 12.0. The van der Waals surface area contributed by atoms with Gasteiger partial charge in [-0.2, -0.15) is 4.98 Å². The Hall–Kier alpha value is -0.880. The molecule has 1 heterocycles. The van der Waals surface area contributed by atoms with Gasteiger partial charge in [0.25, 0.3) is 0 Å². The van der Waals surface area contributed by atoms with Crippen molar-refractivity contribution in [2.75, 3.05) is 37.1 Å². The highest BCUT2D eigenvalue weighted by molar-refractivity contribution is 9.09. The minimum atomic E-state index is 0.339. The summed E-state index contributed by atoms with van der Waals surface area (Å²) in [4.78, 5) is 10.9. The maximum atomic E-state index is 5.51. The van der Waals surface area contributed by atoms with E-state index in [1.807, 2.05) is 13.0 Å². The summed E-state index contributed by atoms with van der Waals surface area (Å²) in [6, 6.07) is 2.20. The topological polar surface area (TPSA) is 47.5 Å². The Bertz CT molecular complexity index is 388. The van der Waals surface area contributed by atoms with Crippen LogP contribution in [-0.2, 0) is 4.74 Å². The molecule has 0 aromatic carbocycles. The molecule has 0 aliphatic rings. The van der Waals surface area contributed by atoms with Gasteiger partial charge in [0.2, 0.25) is 5.88 Å². The van der Waals surface area contributed by atoms with Crippen molar-refractivity contribution in [1.29, 1.82) is 0 Å². The molecule has 1 aromatic heterocycles. The standard InChI is InChI=1S/C13H22BrN3O2/c1-10(2)17(6-8-19-7-5-14)12-9-13(18-4)16-11(3)15-12/h9-10H,5-8H2,1-4H3. The molecule has 0 saturated carbocycles. The molecule has 0 N–H and O–H groups in total. The molecule has 0 saturated heterocycles. The van der Waals surface area contributed by atoms with Gasteiger partial charge in [0.05, 0.1) is 20.3 Å². The summed E-state index contributed by atoms with van der Waals surface area (Å²) in [5, 5.41) is 0.856. The van der Waals surface area contributed by atoms with Gasteiger partial charge in [-0.15, -0.1) is 0 Å². The predicted molar refractivity (Wildman–Crippen MR) is 80.4 cm³/mol. The fourth-order valence-electron chi connectivity index (χ4n) is 1.73. The molecular weight excluding hydrogens is 310 g/mol. The molecule has 0 bridgehead atoms. The van der Waals surface area contributed by atoms with Crippen LogP contribution in [0.5, 0.6) is 5.88 Å². The Labute approximate surface area is 123 Å². The van der Waals surface area contributed by atoms with E-state index in [1.165, 1.54) is 0 Å². The van der Waals surface area contributed by atoms with Crippen LogP contribution in [0, 0.1) is 6.92 Å². The maximum absolute atomic E-state index is 5.51. The highest BCUT2D eigenvalue weighted by Crippen LogP contribution is 2.19. The molecule has 0 aliphatic carbocycles. The number of hydrogen-bond donors (Lipinski definition) is 0. The first-order valence-corrected chi connectivity index (χ1v) is 7.50. The van der Waals surface area contributed by atoms with Crippen molar-refractivity contribution in [2.45, 2.75) is 26.8 Å². The second kappa shape index (κ2) is 8.32. The Kier molecular flexibility index (Phi) is 7.09. The number of nitrogens with zero attached hydrogens (tertiary/aromatic N) is 3. The Morgan fingerprint density at radius 3 is 2.63 bits per heavy atom. The highest BCUT2D eigenvalue weighted by Gasteiger charge is 2.14. The van der Waals surface area contributed by atoms with Crippen LogP contribution in [0.25, 0.3) is 0 Å². The fraction of sp³-hybridized carbons (Fsp3) is 0.692. The number of aryl methyl sites for hydroxylation is 1. The van der Waals surface area contributed by atoms with E-state index in [0.29, 0.717) is 24.4 Å². The second-order valence-corrected chi connectivity index (χ2v) is 5.20. The van der Waals surface area contributed by atoms with Crippen molar-refractivity contribution in [3.05, 3.63) is 11.9 Å². The van der Waals surface area contributed by atoms with Crippen molar-refractivity contribution in [3.63, 3.8) is 0 Å². The lowest BCUT2D eigenvalue weighted by atomic mass is 10.3. The van der Waals surface area contributed by atoms with E-state index in [1.54, 1.807) is 7.11 Å². The molecule has 0 atom stereocenters. The van der Waals surface area contributed by atoms with Crippen LogP contribution < -0.4 is 9.64 Å². The molecule has 19 heavy (non-hydrogen) atoms. The van der Waals surface area contributed by atoms with E-state index in [-0.39, 0.29) is 0 Å². The van der Waals surface area contributed by atoms with Gasteiger partial charge < -0.3 is 14.4 Å². The Morgan fingerprint density at radius 1 is 1.32 bits per heavy atom. The number of aromatic nitrogens is 2. The maximum Gasteiger partial charge on any atom is 0.218 e. The first-order chi connectivity index (χ1) is 9.08. The number of anilines is 1. The molecule has 5 nitrogen and oxygen atoms in total. The minimum Gasteiger partial charge on any atom is -0.481 e. The molecule has 0 radical (unpaired) electrons. The zero-order chi connectivity index (χ0) is 14.3. The molecule has 6 heteroatoms. The minimum absolute atomic E-state index is 0.339. The summed E-state index contributed by atoms with van der Waals surface area (Å²) in [5.74, 6) is 2.18. The molecule has 1 aromatic rings. The van der Waals surface area contributed by atoms with E-state index in [4.69, 9.17) is 9.47 Å². The summed E-state index contributed by atoms with van der Waals surface area (Å²) in [6.07, 6.45) is 0. The van der Waals surface area contributed by atoms with Crippen LogP contribution >= 0.6 is 15.9 Å². The molecular formula is C13H22BrN3O2. The van der Waals surface area contributed by atoms with Crippen molar-refractivity contribution < 1.29 is 9.47 Å². The zero-order valence-corrected chi connectivity index (χ0v) is 13.6. The number of alkyl halides is 1. The third-order valence-electron chi connectivity index (χ3n) is 2.63. The van der Waals surface area contributed by atoms with Crippen molar-refractivity contribution in [1.82, 2.24) is 9.97 Å². The summed E-state index contributed by atoms with van der Waals surface area (Å²) in [6.45, 7) is 8.33. The van der Waals surface area contributed by atoms with E-state index in [0.717, 1.165) is 24.3 Å². The average Bonchev–Trinajstić information content (AvgIpc) is 2.37. The smallest absolute Gasteiger partial charge is 0.218 e. The van der Waals surface area contributed by atoms with Gasteiger partial charge in [-0.3, -0.25) is 0 Å². The largest absolute Gasteiger partial charge is 0.481 e. The molecule has 0 amide bonds. The fourth-order valence-corrected chi connectivity index (χ4v) is 1.96. The van der Waals surface area contributed by atoms with Gasteiger partial charge in [0.1, 0.15) is 11.6 Å². The van der Waals surface area contributed by atoms with Crippen LogP contribution in [0.2, 0.25) is 0 Å². The second-order valence-electron chi connectivity index (χ2n) is 4.40. The molecule has 1 rings (SSSR count). The normalized spacial score (nSPS) is 10.8. The van der Waals surface area contributed by atoms with Crippen LogP contribution in [-0.4, -0.2) is 48.2 Å². The predicted octanol–water partition coefficient (Wildman–Crippen LogP) is 2.42. The number of methoxy groups -OCH3 is 1. The van der Waals surface area contributed by atoms with Gasteiger partial charge in [-0.05, 0) is 20.8 Å². The summed E-state index contributed by atoms with van der Waals surface area (Å²) in [7, 11) is 1.62. The quantitative estimate of drug-likeness (QED) is 0.540. The number of ether oxygens (including phenoxy) is 2. The van der Waals surface area contributed by atoms with Gasteiger partial charge in [-0.25, -0.2) is 4.98 Å².